The third-order valence-corrected chi connectivity index (χ3v) is 12.6. The van der Waals surface area contributed by atoms with Crippen LogP contribution in [-0.2, 0) is 47.0 Å². The van der Waals surface area contributed by atoms with Gasteiger partial charge in [0.05, 0.1) is 11.8 Å². The van der Waals surface area contributed by atoms with Gasteiger partial charge in [-0.2, -0.15) is 0 Å². The molecule has 3 N–H and O–H groups in total. The average molecular weight is 801 g/mol. The van der Waals surface area contributed by atoms with Gasteiger partial charge in [0, 0.05) is 32.0 Å². The molecule has 0 aromatic heterocycles. The van der Waals surface area contributed by atoms with Gasteiger partial charge in [-0.05, 0) is 96.7 Å². The van der Waals surface area contributed by atoms with Crippen LogP contribution in [0.1, 0.15) is 89.7 Å². The van der Waals surface area contributed by atoms with Gasteiger partial charge < -0.3 is 34.6 Å². The number of amides is 5. The number of carbonyl (C=O) groups is 5. The monoisotopic (exact) mass is 800 g/mol. The summed E-state index contributed by atoms with van der Waals surface area (Å²) >= 11 is 0. The number of benzene rings is 1. The maximum atomic E-state index is 14.4. The van der Waals surface area contributed by atoms with Crippen LogP contribution in [0.15, 0.2) is 30.4 Å². The van der Waals surface area contributed by atoms with E-state index in [0.29, 0.717) is 44.6 Å². The molecule has 5 aliphatic rings. The minimum absolute atomic E-state index is 0.0777. The van der Waals surface area contributed by atoms with E-state index in [0.717, 1.165) is 30.5 Å². The molecule has 56 heavy (non-hydrogen) atoms. The van der Waals surface area contributed by atoms with Crippen LogP contribution in [0.4, 0.5) is 9.59 Å². The van der Waals surface area contributed by atoms with E-state index >= 15 is 0 Å². The van der Waals surface area contributed by atoms with E-state index in [9.17, 15) is 32.4 Å². The SMILES string of the molecule is CN(C)CCOc1ccc2c(c1)CN(C(=O)O[C@@H]1CC3C(=O)N[C@]4(C(=O)NS(=O)(=O)C5CC5)C[C@@H]4/C=C\CCCCC[C@H](NC(=O)OC(C)(C)C)C(=O)N3C1)C2. The van der Waals surface area contributed by atoms with Gasteiger partial charge in [-0.3, -0.25) is 24.0 Å². The Balaban J connectivity index is 1.21. The lowest BCUT2D eigenvalue weighted by Gasteiger charge is -2.30. The third-order valence-electron chi connectivity index (χ3n) is 10.8. The molecular formula is C39H56N6O10S. The van der Waals surface area contributed by atoms with Crippen molar-refractivity contribution in [2.45, 2.75) is 126 Å². The van der Waals surface area contributed by atoms with E-state index in [1.807, 2.05) is 49.3 Å². The summed E-state index contributed by atoms with van der Waals surface area (Å²) in [6.07, 6.45) is 5.54. The first-order valence-electron chi connectivity index (χ1n) is 19.6. The highest BCUT2D eigenvalue weighted by molar-refractivity contribution is 7.91. The first-order valence-corrected chi connectivity index (χ1v) is 21.2. The van der Waals surface area contributed by atoms with Gasteiger partial charge in [0.2, 0.25) is 21.8 Å². The number of sulfonamides is 1. The molecule has 2 aliphatic carbocycles. The Labute approximate surface area is 329 Å². The van der Waals surface area contributed by atoms with Crippen molar-refractivity contribution in [3.8, 4) is 5.75 Å². The number of hydrogen-bond acceptors (Lipinski definition) is 11. The summed E-state index contributed by atoms with van der Waals surface area (Å²) in [5.41, 5.74) is -0.488. The van der Waals surface area contributed by atoms with Crippen LogP contribution >= 0.6 is 0 Å². The Kier molecular flexibility index (Phi) is 12.2. The second-order valence-corrected chi connectivity index (χ2v) is 18.9. The number of carbonyl (C=O) groups excluding carboxylic acids is 5. The largest absolute Gasteiger partial charge is 0.492 e. The minimum Gasteiger partial charge on any atom is -0.492 e. The maximum absolute atomic E-state index is 14.4. The van der Waals surface area contributed by atoms with Crippen molar-refractivity contribution in [3.63, 3.8) is 0 Å². The highest BCUT2D eigenvalue weighted by Gasteiger charge is 2.62. The van der Waals surface area contributed by atoms with Crippen molar-refractivity contribution in [2.24, 2.45) is 5.92 Å². The molecule has 1 aromatic carbocycles. The van der Waals surface area contributed by atoms with Crippen molar-refractivity contribution < 1.29 is 46.6 Å². The first kappa shape index (κ1) is 41.3. The molecule has 0 radical (unpaired) electrons. The quantitative estimate of drug-likeness (QED) is 0.311. The minimum atomic E-state index is -3.91. The smallest absolute Gasteiger partial charge is 0.410 e. The summed E-state index contributed by atoms with van der Waals surface area (Å²) in [6.45, 7) is 6.86. The van der Waals surface area contributed by atoms with E-state index in [4.69, 9.17) is 14.2 Å². The molecule has 3 heterocycles. The van der Waals surface area contributed by atoms with Crippen molar-refractivity contribution in [1.82, 2.24) is 30.1 Å². The summed E-state index contributed by atoms with van der Waals surface area (Å²) in [6, 6.07) is 3.45. The fourth-order valence-corrected chi connectivity index (χ4v) is 8.81. The summed E-state index contributed by atoms with van der Waals surface area (Å²) in [4.78, 5) is 73.8. The number of ether oxygens (including phenoxy) is 3. The molecule has 3 aliphatic heterocycles. The van der Waals surface area contributed by atoms with Crippen LogP contribution in [0.3, 0.4) is 0 Å². The first-order chi connectivity index (χ1) is 26.4. The van der Waals surface area contributed by atoms with Gasteiger partial charge in [0.1, 0.15) is 41.7 Å². The number of hydrogen-bond donors (Lipinski definition) is 3. The molecular weight excluding hydrogens is 745 g/mol. The maximum Gasteiger partial charge on any atom is 0.410 e. The standard InChI is InChI=1S/C39H56N6O10S/c1-38(2,3)55-36(49)40-31-12-10-8-6-7-9-11-27-21-39(27,35(48)42-56(51,52)30-15-16-30)41-33(46)32-20-29(24-45(32)34(31)47)54-37(50)44-22-25-13-14-28(19-26(25)23-44)53-18-17-43(4)5/h9,11,13-14,19,27,29-32H,6-8,10,12,15-18,20-24H2,1-5H3,(H,40,49)(H,41,46)(H,42,48)/b11-9-/t27-,29+,31-,32?,39+/m0/s1. The molecule has 0 spiro atoms. The summed E-state index contributed by atoms with van der Waals surface area (Å²) < 4.78 is 45.1. The zero-order chi connectivity index (χ0) is 40.4. The lowest BCUT2D eigenvalue weighted by molar-refractivity contribution is -0.141. The zero-order valence-electron chi connectivity index (χ0n) is 33.0. The van der Waals surface area contributed by atoms with Crippen LogP contribution in [-0.4, -0.2) is 121 Å². The molecule has 308 valence electrons. The molecule has 1 saturated heterocycles. The normalized spacial score (nSPS) is 27.5. The van der Waals surface area contributed by atoms with Crippen LogP contribution in [0.5, 0.6) is 5.75 Å². The summed E-state index contributed by atoms with van der Waals surface area (Å²) in [7, 11) is 0.0161. The topological polar surface area (TPSA) is 193 Å². The predicted octanol–water partition coefficient (Wildman–Crippen LogP) is 2.95. The van der Waals surface area contributed by atoms with Crippen LogP contribution in [0.2, 0.25) is 0 Å². The number of likely N-dealkylation sites (N-methyl/N-ethyl adjacent to an activating group) is 1. The van der Waals surface area contributed by atoms with Crippen LogP contribution < -0.4 is 20.1 Å². The van der Waals surface area contributed by atoms with Crippen LogP contribution in [0, 0.1) is 5.92 Å². The number of rotatable bonds is 9. The molecule has 5 atom stereocenters. The number of allylic oxidation sites excluding steroid dienone is 1. The molecule has 5 amide bonds. The van der Waals surface area contributed by atoms with Crippen molar-refractivity contribution in [3.05, 3.63) is 41.5 Å². The van der Waals surface area contributed by atoms with Gasteiger partial charge in [-0.25, -0.2) is 18.0 Å². The van der Waals surface area contributed by atoms with Gasteiger partial charge in [0.15, 0.2) is 0 Å². The molecule has 2 saturated carbocycles. The van der Waals surface area contributed by atoms with Crippen molar-refractivity contribution >= 4 is 39.9 Å². The summed E-state index contributed by atoms with van der Waals surface area (Å²) in [5.74, 6) is -1.82. The molecule has 0 bridgehead atoms. The van der Waals surface area contributed by atoms with Crippen molar-refractivity contribution in [1.29, 1.82) is 0 Å². The lowest BCUT2D eigenvalue weighted by atomic mass is 10.0. The van der Waals surface area contributed by atoms with Gasteiger partial charge >= 0.3 is 12.2 Å². The van der Waals surface area contributed by atoms with E-state index in [1.165, 1.54) is 4.90 Å². The Morgan fingerprint density at radius 1 is 1.04 bits per heavy atom. The Hall–Kier alpha value is -4.38. The van der Waals surface area contributed by atoms with E-state index in [2.05, 4.69) is 15.4 Å². The highest BCUT2D eigenvalue weighted by Crippen LogP contribution is 2.46. The lowest BCUT2D eigenvalue weighted by Crippen LogP contribution is -2.58. The van der Waals surface area contributed by atoms with E-state index < -0.39 is 80.4 Å². The molecule has 1 aromatic rings. The fourth-order valence-electron chi connectivity index (χ4n) is 7.45. The highest BCUT2D eigenvalue weighted by atomic mass is 32.2. The van der Waals surface area contributed by atoms with Gasteiger partial charge in [0.25, 0.3) is 5.91 Å². The second-order valence-electron chi connectivity index (χ2n) is 16.9. The van der Waals surface area contributed by atoms with Crippen molar-refractivity contribution in [2.75, 3.05) is 33.8 Å². The molecule has 6 rings (SSSR count). The van der Waals surface area contributed by atoms with Gasteiger partial charge in [-0.15, -0.1) is 0 Å². The molecule has 17 heteroatoms. The van der Waals surface area contributed by atoms with E-state index in [-0.39, 0.29) is 32.4 Å². The van der Waals surface area contributed by atoms with Crippen LogP contribution in [0.25, 0.3) is 0 Å². The number of nitrogens with one attached hydrogen (secondary N) is 3. The zero-order valence-corrected chi connectivity index (χ0v) is 33.8. The Morgan fingerprint density at radius 3 is 2.50 bits per heavy atom. The Bertz CT molecular complexity index is 1830. The van der Waals surface area contributed by atoms with Gasteiger partial charge in [-0.1, -0.05) is 31.1 Å². The third kappa shape index (κ3) is 10.1. The molecule has 1 unspecified atom stereocenters. The fraction of sp³-hybridized carbons (Fsp3) is 0.667. The predicted molar refractivity (Wildman–Crippen MR) is 205 cm³/mol. The number of nitrogens with zero attached hydrogens (tertiary/aromatic N) is 3. The number of fused-ring (bicyclic) bond motifs is 3. The Morgan fingerprint density at radius 2 is 1.79 bits per heavy atom. The van der Waals surface area contributed by atoms with E-state index in [1.54, 1.807) is 25.7 Å². The summed E-state index contributed by atoms with van der Waals surface area (Å²) in [5, 5.41) is 4.89. The molecule has 16 nitrogen and oxygen atoms in total. The molecule has 3 fully saturated rings. The number of alkyl carbamates (subject to hydrolysis) is 1. The average Bonchev–Trinajstić information content (AvgIpc) is 4.00. The second kappa shape index (κ2) is 16.6.